The summed E-state index contributed by atoms with van der Waals surface area (Å²) in [7, 11) is 0. The van der Waals surface area contributed by atoms with Gasteiger partial charge in [0.05, 0.1) is 17.0 Å². The Bertz CT molecular complexity index is 625. The SMILES string of the molecule is CC(O)c1cccc(F)c1Sc1nnnn1C1CCCC1. The molecule has 7 heteroatoms. The molecule has 1 fully saturated rings. The minimum atomic E-state index is -0.737. The highest BCUT2D eigenvalue weighted by molar-refractivity contribution is 7.99. The molecule has 1 atom stereocenters. The van der Waals surface area contributed by atoms with Crippen LogP contribution in [0.25, 0.3) is 0 Å². The average molecular weight is 308 g/mol. The van der Waals surface area contributed by atoms with Gasteiger partial charge in [0.2, 0.25) is 5.16 Å². The van der Waals surface area contributed by atoms with Crippen LogP contribution in [0.5, 0.6) is 0 Å². The van der Waals surface area contributed by atoms with Gasteiger partial charge in [0.1, 0.15) is 5.82 Å². The van der Waals surface area contributed by atoms with Crippen LogP contribution in [0.3, 0.4) is 0 Å². The molecule has 21 heavy (non-hydrogen) atoms. The molecule has 1 heterocycles. The van der Waals surface area contributed by atoms with E-state index in [0.717, 1.165) is 12.8 Å². The number of benzene rings is 1. The number of hydrogen-bond donors (Lipinski definition) is 1. The largest absolute Gasteiger partial charge is 0.389 e. The number of aromatic nitrogens is 4. The Morgan fingerprint density at radius 1 is 1.38 bits per heavy atom. The number of aliphatic hydroxyl groups excluding tert-OH is 1. The lowest BCUT2D eigenvalue weighted by Crippen LogP contribution is -2.08. The standard InChI is InChI=1S/C14H17FN4OS/c1-9(20)11-7-4-8-12(15)13(11)21-14-16-17-18-19(14)10-5-2-3-6-10/h4,7-10,20H,2-3,5-6H2,1H3. The van der Waals surface area contributed by atoms with Gasteiger partial charge < -0.3 is 5.11 Å². The summed E-state index contributed by atoms with van der Waals surface area (Å²) in [6.45, 7) is 1.62. The zero-order valence-electron chi connectivity index (χ0n) is 11.7. The van der Waals surface area contributed by atoms with Crippen molar-refractivity contribution >= 4 is 11.8 Å². The predicted octanol–water partition coefficient (Wildman–Crippen LogP) is 3.13. The second-order valence-electron chi connectivity index (χ2n) is 5.28. The summed E-state index contributed by atoms with van der Waals surface area (Å²) >= 11 is 1.18. The highest BCUT2D eigenvalue weighted by atomic mass is 32.2. The molecule has 1 aromatic carbocycles. The van der Waals surface area contributed by atoms with Gasteiger partial charge in [-0.15, -0.1) is 5.10 Å². The van der Waals surface area contributed by atoms with Crippen molar-refractivity contribution in [1.29, 1.82) is 0 Å². The Labute approximate surface area is 126 Å². The van der Waals surface area contributed by atoms with E-state index >= 15 is 0 Å². The average Bonchev–Trinajstić information content (AvgIpc) is 3.11. The van der Waals surface area contributed by atoms with Gasteiger partial charge >= 0.3 is 0 Å². The van der Waals surface area contributed by atoms with Crippen molar-refractivity contribution in [2.75, 3.05) is 0 Å². The first-order valence-corrected chi connectivity index (χ1v) is 7.90. The van der Waals surface area contributed by atoms with Crippen LogP contribution in [-0.4, -0.2) is 25.3 Å². The second kappa shape index (κ2) is 6.11. The molecule has 1 aliphatic rings. The van der Waals surface area contributed by atoms with Crippen LogP contribution in [0.4, 0.5) is 4.39 Å². The van der Waals surface area contributed by atoms with E-state index in [-0.39, 0.29) is 5.82 Å². The van der Waals surface area contributed by atoms with Crippen LogP contribution < -0.4 is 0 Å². The van der Waals surface area contributed by atoms with E-state index in [1.54, 1.807) is 23.7 Å². The Balaban J connectivity index is 1.92. The summed E-state index contributed by atoms with van der Waals surface area (Å²) in [5.74, 6) is -0.362. The molecule has 2 aromatic rings. The van der Waals surface area contributed by atoms with Crippen LogP contribution in [0.15, 0.2) is 28.3 Å². The van der Waals surface area contributed by atoms with Crippen LogP contribution >= 0.6 is 11.8 Å². The van der Waals surface area contributed by atoms with Gasteiger partial charge in [-0.1, -0.05) is 25.0 Å². The van der Waals surface area contributed by atoms with E-state index in [2.05, 4.69) is 15.5 Å². The summed E-state index contributed by atoms with van der Waals surface area (Å²) in [4.78, 5) is 0.390. The van der Waals surface area contributed by atoms with Crippen LogP contribution in [0.1, 0.15) is 50.3 Å². The predicted molar refractivity (Wildman–Crippen MR) is 76.5 cm³/mol. The maximum absolute atomic E-state index is 14.1. The summed E-state index contributed by atoms with van der Waals surface area (Å²) in [6.07, 6.45) is 3.72. The second-order valence-corrected chi connectivity index (χ2v) is 6.26. The Morgan fingerprint density at radius 3 is 2.86 bits per heavy atom. The molecule has 1 saturated carbocycles. The third-order valence-electron chi connectivity index (χ3n) is 3.77. The van der Waals surface area contributed by atoms with Gasteiger partial charge in [0.15, 0.2) is 0 Å². The molecule has 3 rings (SSSR count). The molecule has 1 N–H and O–H groups in total. The van der Waals surface area contributed by atoms with Crippen molar-refractivity contribution in [2.24, 2.45) is 0 Å². The number of aliphatic hydroxyl groups is 1. The first-order valence-electron chi connectivity index (χ1n) is 7.09. The number of hydrogen-bond acceptors (Lipinski definition) is 5. The van der Waals surface area contributed by atoms with Crippen molar-refractivity contribution < 1.29 is 9.50 Å². The van der Waals surface area contributed by atoms with Crippen molar-refractivity contribution in [3.05, 3.63) is 29.6 Å². The number of halogens is 1. The van der Waals surface area contributed by atoms with E-state index in [1.807, 2.05) is 0 Å². The van der Waals surface area contributed by atoms with Crippen molar-refractivity contribution in [1.82, 2.24) is 20.2 Å². The Hall–Kier alpha value is -1.47. The fourth-order valence-electron chi connectivity index (χ4n) is 2.68. The van der Waals surface area contributed by atoms with Crippen molar-refractivity contribution in [3.63, 3.8) is 0 Å². The zero-order valence-corrected chi connectivity index (χ0v) is 12.6. The monoisotopic (exact) mass is 308 g/mol. The molecule has 0 aliphatic heterocycles. The van der Waals surface area contributed by atoms with Crippen molar-refractivity contribution in [3.8, 4) is 0 Å². The third-order valence-corrected chi connectivity index (χ3v) is 4.86. The van der Waals surface area contributed by atoms with E-state index in [4.69, 9.17) is 0 Å². The maximum Gasteiger partial charge on any atom is 0.214 e. The number of tetrazole rings is 1. The minimum absolute atomic E-state index is 0.296. The van der Waals surface area contributed by atoms with Gasteiger partial charge in [-0.3, -0.25) is 0 Å². The quantitative estimate of drug-likeness (QED) is 0.940. The Morgan fingerprint density at radius 2 is 2.14 bits per heavy atom. The highest BCUT2D eigenvalue weighted by Gasteiger charge is 2.23. The lowest BCUT2D eigenvalue weighted by Gasteiger charge is -2.14. The lowest BCUT2D eigenvalue weighted by molar-refractivity contribution is 0.195. The van der Waals surface area contributed by atoms with Gasteiger partial charge in [-0.05, 0) is 53.6 Å². The molecule has 112 valence electrons. The molecule has 0 spiro atoms. The summed E-state index contributed by atoms with van der Waals surface area (Å²) in [6, 6.07) is 5.00. The molecule has 1 aromatic heterocycles. The van der Waals surface area contributed by atoms with E-state index in [1.165, 1.54) is 30.7 Å². The topological polar surface area (TPSA) is 63.8 Å². The first-order chi connectivity index (χ1) is 10.2. The van der Waals surface area contributed by atoms with Crippen molar-refractivity contribution in [2.45, 2.75) is 54.8 Å². The van der Waals surface area contributed by atoms with Crippen LogP contribution in [-0.2, 0) is 0 Å². The van der Waals surface area contributed by atoms with E-state index in [0.29, 0.717) is 21.7 Å². The molecule has 5 nitrogen and oxygen atoms in total. The fourth-order valence-corrected chi connectivity index (χ4v) is 3.75. The summed E-state index contributed by atoms with van der Waals surface area (Å²) in [5, 5.41) is 22.2. The molecule has 0 saturated heterocycles. The van der Waals surface area contributed by atoms with Gasteiger partial charge in [0, 0.05) is 0 Å². The van der Waals surface area contributed by atoms with Gasteiger partial charge in [0.25, 0.3) is 0 Å². The third kappa shape index (κ3) is 2.94. The summed E-state index contributed by atoms with van der Waals surface area (Å²) in [5.41, 5.74) is 0.556. The fraction of sp³-hybridized carbons (Fsp3) is 0.500. The highest BCUT2D eigenvalue weighted by Crippen LogP contribution is 2.37. The molecule has 0 bridgehead atoms. The molecule has 1 aliphatic carbocycles. The number of nitrogens with zero attached hydrogens (tertiary/aromatic N) is 4. The van der Waals surface area contributed by atoms with Crippen LogP contribution in [0.2, 0.25) is 0 Å². The first kappa shape index (κ1) is 14.5. The maximum atomic E-state index is 14.1. The molecule has 0 amide bonds. The molecule has 1 unspecified atom stereocenters. The molecular weight excluding hydrogens is 291 g/mol. The Kier molecular flexibility index (Phi) is 4.21. The normalized spacial score (nSPS) is 17.3. The van der Waals surface area contributed by atoms with Crippen LogP contribution in [0, 0.1) is 5.82 Å². The van der Waals surface area contributed by atoms with Gasteiger partial charge in [-0.25, -0.2) is 9.07 Å². The molecular formula is C14H17FN4OS. The zero-order chi connectivity index (χ0) is 14.8. The minimum Gasteiger partial charge on any atom is -0.389 e. The van der Waals surface area contributed by atoms with E-state index in [9.17, 15) is 9.50 Å². The summed E-state index contributed by atoms with van der Waals surface area (Å²) < 4.78 is 15.9. The molecule has 0 radical (unpaired) electrons. The smallest absolute Gasteiger partial charge is 0.214 e. The lowest BCUT2D eigenvalue weighted by atomic mass is 10.1. The number of rotatable bonds is 4. The van der Waals surface area contributed by atoms with E-state index < -0.39 is 6.10 Å². The van der Waals surface area contributed by atoms with Gasteiger partial charge in [-0.2, -0.15) is 0 Å².